The van der Waals surface area contributed by atoms with Gasteiger partial charge < -0.3 is 0 Å². The van der Waals surface area contributed by atoms with Gasteiger partial charge in [0.05, 0.1) is 17.5 Å². The lowest BCUT2D eigenvalue weighted by molar-refractivity contribution is 0.0940. The van der Waals surface area contributed by atoms with Crippen LogP contribution in [0.25, 0.3) is 10.7 Å². The van der Waals surface area contributed by atoms with E-state index in [-0.39, 0.29) is 11.2 Å². The number of aryl methyl sites for hydroxylation is 2. The highest BCUT2D eigenvalue weighted by molar-refractivity contribution is 7.15. The zero-order valence-corrected chi connectivity index (χ0v) is 13.6. The van der Waals surface area contributed by atoms with Crippen LogP contribution in [-0.2, 0) is 12.8 Å². The van der Waals surface area contributed by atoms with Crippen molar-refractivity contribution in [3.05, 3.63) is 22.3 Å². The molecular formula is C16H21N3OS. The van der Waals surface area contributed by atoms with E-state index in [9.17, 15) is 4.79 Å². The van der Waals surface area contributed by atoms with Gasteiger partial charge in [0.15, 0.2) is 5.78 Å². The monoisotopic (exact) mass is 303 g/mol. The molecule has 4 nitrogen and oxygen atoms in total. The van der Waals surface area contributed by atoms with Gasteiger partial charge >= 0.3 is 0 Å². The van der Waals surface area contributed by atoms with E-state index in [2.05, 4.69) is 31.0 Å². The van der Waals surface area contributed by atoms with Crippen LogP contribution >= 0.6 is 11.3 Å². The molecule has 0 bridgehead atoms. The topological polar surface area (TPSA) is 58.6 Å². The van der Waals surface area contributed by atoms with E-state index >= 15 is 0 Å². The number of fused-ring (bicyclic) bond motifs is 1. The number of Topliss-reactive ketones (excluding diaryl/α,β-unsaturated/α-hetero) is 1. The van der Waals surface area contributed by atoms with Gasteiger partial charge in [-0.3, -0.25) is 9.89 Å². The SMILES string of the molecule is CC(C)(C)CC(=O)c1cn[nH]c1-c1nc2c(s1)CCCC2. The third-order valence-electron chi connectivity index (χ3n) is 3.69. The summed E-state index contributed by atoms with van der Waals surface area (Å²) in [7, 11) is 0. The van der Waals surface area contributed by atoms with Gasteiger partial charge in [-0.25, -0.2) is 4.98 Å². The second-order valence-electron chi connectivity index (χ2n) is 6.92. The van der Waals surface area contributed by atoms with Crippen molar-refractivity contribution in [3.63, 3.8) is 0 Å². The fourth-order valence-corrected chi connectivity index (χ4v) is 3.86. The van der Waals surface area contributed by atoms with Crippen LogP contribution in [0.4, 0.5) is 0 Å². The molecule has 2 aromatic heterocycles. The maximum absolute atomic E-state index is 12.5. The highest BCUT2D eigenvalue weighted by Crippen LogP contribution is 2.34. The Morgan fingerprint density at radius 3 is 2.81 bits per heavy atom. The Morgan fingerprint density at radius 2 is 2.10 bits per heavy atom. The van der Waals surface area contributed by atoms with Crippen LogP contribution in [0.15, 0.2) is 6.20 Å². The first-order valence-corrected chi connectivity index (χ1v) is 8.31. The maximum atomic E-state index is 12.5. The molecule has 2 heterocycles. The number of H-pyrrole nitrogens is 1. The van der Waals surface area contributed by atoms with Crippen LogP contribution in [0.2, 0.25) is 0 Å². The Morgan fingerprint density at radius 1 is 1.33 bits per heavy atom. The molecule has 0 atom stereocenters. The van der Waals surface area contributed by atoms with E-state index in [1.54, 1.807) is 17.5 Å². The number of aromatic nitrogens is 3. The molecule has 0 aliphatic heterocycles. The predicted molar refractivity (Wildman–Crippen MR) is 84.7 cm³/mol. The fourth-order valence-electron chi connectivity index (χ4n) is 2.70. The molecule has 2 aromatic rings. The minimum atomic E-state index is -0.0201. The first-order valence-electron chi connectivity index (χ1n) is 7.49. The normalized spacial score (nSPS) is 15.0. The fraction of sp³-hybridized carbons (Fsp3) is 0.562. The Hall–Kier alpha value is -1.49. The Labute approximate surface area is 129 Å². The van der Waals surface area contributed by atoms with Gasteiger partial charge in [0.2, 0.25) is 0 Å². The van der Waals surface area contributed by atoms with Crippen LogP contribution < -0.4 is 0 Å². The molecule has 0 unspecified atom stereocenters. The molecule has 0 fully saturated rings. The van der Waals surface area contributed by atoms with Gasteiger partial charge in [0.1, 0.15) is 10.7 Å². The molecular weight excluding hydrogens is 282 g/mol. The first kappa shape index (κ1) is 14.4. The van der Waals surface area contributed by atoms with E-state index in [0.29, 0.717) is 12.0 Å². The average Bonchev–Trinajstić information content (AvgIpc) is 3.02. The number of rotatable bonds is 3. The lowest BCUT2D eigenvalue weighted by Gasteiger charge is -2.16. The lowest BCUT2D eigenvalue weighted by atomic mass is 9.88. The standard InChI is InChI=1S/C16H21N3OS/c1-16(2,3)8-12(20)10-9-17-19-14(10)15-18-11-6-4-5-7-13(11)21-15/h9H,4-8H2,1-3H3,(H,17,19). The molecule has 1 aliphatic carbocycles. The van der Waals surface area contributed by atoms with Gasteiger partial charge in [-0.1, -0.05) is 20.8 Å². The molecule has 1 aliphatic rings. The quantitative estimate of drug-likeness (QED) is 0.871. The number of thiazole rings is 1. The number of carbonyl (C=O) groups is 1. The highest BCUT2D eigenvalue weighted by atomic mass is 32.1. The summed E-state index contributed by atoms with van der Waals surface area (Å²) in [6.45, 7) is 6.23. The summed E-state index contributed by atoms with van der Waals surface area (Å²) in [5.74, 6) is 0.138. The minimum absolute atomic E-state index is 0.0201. The summed E-state index contributed by atoms with van der Waals surface area (Å²) >= 11 is 1.71. The maximum Gasteiger partial charge on any atom is 0.167 e. The van der Waals surface area contributed by atoms with Crippen molar-refractivity contribution in [2.75, 3.05) is 0 Å². The van der Waals surface area contributed by atoms with Crippen LogP contribution in [0.5, 0.6) is 0 Å². The number of carbonyl (C=O) groups excluding carboxylic acids is 1. The molecule has 0 saturated heterocycles. The Bertz CT molecular complexity index is 640. The molecule has 0 aromatic carbocycles. The van der Waals surface area contributed by atoms with E-state index in [1.807, 2.05) is 0 Å². The molecule has 5 heteroatoms. The summed E-state index contributed by atoms with van der Waals surface area (Å²) in [4.78, 5) is 18.6. The van der Waals surface area contributed by atoms with Crippen molar-refractivity contribution in [3.8, 4) is 10.7 Å². The number of ketones is 1. The number of hydrogen-bond donors (Lipinski definition) is 1. The van der Waals surface area contributed by atoms with Gasteiger partial charge in [0.25, 0.3) is 0 Å². The Balaban J connectivity index is 1.92. The molecule has 0 spiro atoms. The third-order valence-corrected chi connectivity index (χ3v) is 4.87. The van der Waals surface area contributed by atoms with Crippen molar-refractivity contribution in [1.29, 1.82) is 0 Å². The van der Waals surface area contributed by atoms with Crippen LogP contribution in [-0.4, -0.2) is 21.0 Å². The van der Waals surface area contributed by atoms with E-state index in [1.165, 1.54) is 23.4 Å². The van der Waals surface area contributed by atoms with Gasteiger partial charge in [-0.15, -0.1) is 11.3 Å². The summed E-state index contributed by atoms with van der Waals surface area (Å²) in [6.07, 6.45) is 6.80. The second kappa shape index (κ2) is 5.37. The van der Waals surface area contributed by atoms with E-state index in [0.717, 1.165) is 23.5 Å². The molecule has 0 saturated carbocycles. The molecule has 0 amide bonds. The number of aromatic amines is 1. The second-order valence-corrected chi connectivity index (χ2v) is 8.00. The zero-order valence-electron chi connectivity index (χ0n) is 12.8. The predicted octanol–water partition coefficient (Wildman–Crippen LogP) is 4.03. The molecule has 112 valence electrons. The van der Waals surface area contributed by atoms with Crippen LogP contribution in [0.1, 0.15) is 61.0 Å². The van der Waals surface area contributed by atoms with E-state index < -0.39 is 0 Å². The number of nitrogens with one attached hydrogen (secondary N) is 1. The minimum Gasteiger partial charge on any atom is -0.294 e. The molecule has 21 heavy (non-hydrogen) atoms. The van der Waals surface area contributed by atoms with Crippen molar-refractivity contribution in [2.24, 2.45) is 5.41 Å². The van der Waals surface area contributed by atoms with E-state index in [4.69, 9.17) is 4.98 Å². The van der Waals surface area contributed by atoms with Gasteiger partial charge in [-0.2, -0.15) is 5.10 Å². The first-order chi connectivity index (χ1) is 9.94. The van der Waals surface area contributed by atoms with Gasteiger partial charge in [-0.05, 0) is 31.1 Å². The van der Waals surface area contributed by atoms with Crippen molar-refractivity contribution < 1.29 is 4.79 Å². The molecule has 1 N–H and O–H groups in total. The lowest BCUT2D eigenvalue weighted by Crippen LogP contribution is -2.13. The average molecular weight is 303 g/mol. The van der Waals surface area contributed by atoms with Crippen molar-refractivity contribution in [1.82, 2.24) is 15.2 Å². The highest BCUT2D eigenvalue weighted by Gasteiger charge is 2.24. The third kappa shape index (κ3) is 3.07. The molecule has 0 radical (unpaired) electrons. The Kier molecular flexibility index (Phi) is 3.69. The van der Waals surface area contributed by atoms with Crippen molar-refractivity contribution in [2.45, 2.75) is 52.9 Å². The summed E-state index contributed by atoms with van der Waals surface area (Å²) in [6, 6.07) is 0. The zero-order chi connectivity index (χ0) is 15.0. The smallest absolute Gasteiger partial charge is 0.167 e. The summed E-state index contributed by atoms with van der Waals surface area (Å²) in [5, 5.41) is 7.97. The summed E-state index contributed by atoms with van der Waals surface area (Å²) in [5.41, 5.74) is 2.66. The van der Waals surface area contributed by atoms with Gasteiger partial charge in [0, 0.05) is 11.3 Å². The number of hydrogen-bond acceptors (Lipinski definition) is 4. The largest absolute Gasteiger partial charge is 0.294 e. The molecule has 3 rings (SSSR count). The van der Waals surface area contributed by atoms with Crippen LogP contribution in [0, 0.1) is 5.41 Å². The number of nitrogens with zero attached hydrogens (tertiary/aromatic N) is 2. The van der Waals surface area contributed by atoms with Crippen molar-refractivity contribution >= 4 is 17.1 Å². The van der Waals surface area contributed by atoms with Crippen LogP contribution in [0.3, 0.4) is 0 Å². The summed E-state index contributed by atoms with van der Waals surface area (Å²) < 4.78 is 0.